The van der Waals surface area contributed by atoms with Gasteiger partial charge < -0.3 is 14.4 Å². The van der Waals surface area contributed by atoms with Gasteiger partial charge in [0.15, 0.2) is 5.82 Å². The molecule has 0 aliphatic carbocycles. The Bertz CT molecular complexity index is 503. The molecule has 0 saturated heterocycles. The zero-order chi connectivity index (χ0) is 13.7. The normalized spacial score (nSPS) is 11.4. The smallest absolute Gasteiger partial charge is 0.226 e. The molecule has 0 amide bonds. The Hall–Kier alpha value is -1.69. The maximum atomic E-state index is 5.16. The van der Waals surface area contributed by atoms with Gasteiger partial charge in [0.2, 0.25) is 5.89 Å². The molecule has 104 valence electrons. The van der Waals surface area contributed by atoms with E-state index in [0.717, 1.165) is 25.1 Å². The molecule has 0 spiro atoms. The quantitative estimate of drug-likeness (QED) is 0.824. The summed E-state index contributed by atoms with van der Waals surface area (Å²) < 4.78 is 7.13. The molecule has 0 aliphatic rings. The van der Waals surface area contributed by atoms with Crippen LogP contribution in [0.5, 0.6) is 0 Å². The number of hydrogen-bond donors (Lipinski definition) is 1. The molecule has 0 aliphatic heterocycles. The van der Waals surface area contributed by atoms with Crippen LogP contribution in [0, 0.1) is 0 Å². The van der Waals surface area contributed by atoms with Crippen LogP contribution in [0.2, 0.25) is 0 Å². The summed E-state index contributed by atoms with van der Waals surface area (Å²) in [4.78, 5) is 8.68. The van der Waals surface area contributed by atoms with Crippen molar-refractivity contribution in [3.05, 3.63) is 29.9 Å². The third-order valence-electron chi connectivity index (χ3n) is 2.68. The first-order valence-electron chi connectivity index (χ1n) is 6.73. The van der Waals surface area contributed by atoms with E-state index in [0.29, 0.717) is 24.3 Å². The number of aryl methyl sites for hydroxylation is 1. The fourth-order valence-electron chi connectivity index (χ4n) is 1.73. The molecule has 2 heterocycles. The summed E-state index contributed by atoms with van der Waals surface area (Å²) in [6.45, 7) is 7.70. The molecule has 0 radical (unpaired) electrons. The average Bonchev–Trinajstić information content (AvgIpc) is 2.98. The molecule has 2 aromatic rings. The van der Waals surface area contributed by atoms with Crippen LogP contribution in [-0.4, -0.2) is 25.7 Å². The van der Waals surface area contributed by atoms with Gasteiger partial charge in [-0.05, 0) is 6.42 Å². The van der Waals surface area contributed by atoms with Crippen molar-refractivity contribution in [2.75, 3.05) is 0 Å². The van der Waals surface area contributed by atoms with Gasteiger partial charge in [0.1, 0.15) is 0 Å². The van der Waals surface area contributed by atoms with E-state index in [1.165, 1.54) is 0 Å². The molecule has 0 fully saturated rings. The number of aromatic nitrogens is 4. The van der Waals surface area contributed by atoms with Crippen LogP contribution in [0.1, 0.15) is 44.6 Å². The Morgan fingerprint density at radius 2 is 2.26 bits per heavy atom. The molecule has 0 bridgehead atoms. The van der Waals surface area contributed by atoms with Crippen LogP contribution >= 0.6 is 0 Å². The minimum atomic E-state index is 0.457. The van der Waals surface area contributed by atoms with Crippen molar-refractivity contribution >= 4 is 0 Å². The molecule has 0 atom stereocenters. The predicted octanol–water partition coefficient (Wildman–Crippen LogP) is 1.76. The summed E-state index contributed by atoms with van der Waals surface area (Å²) in [5, 5.41) is 7.30. The van der Waals surface area contributed by atoms with Crippen molar-refractivity contribution in [2.24, 2.45) is 0 Å². The van der Waals surface area contributed by atoms with E-state index in [1.807, 2.05) is 10.8 Å². The van der Waals surface area contributed by atoms with Crippen LogP contribution in [0.15, 0.2) is 17.0 Å². The molecule has 6 nitrogen and oxygen atoms in total. The summed E-state index contributed by atoms with van der Waals surface area (Å²) in [7, 11) is 0. The minimum absolute atomic E-state index is 0.457. The van der Waals surface area contributed by atoms with Crippen molar-refractivity contribution < 1.29 is 4.52 Å². The fourth-order valence-corrected chi connectivity index (χ4v) is 1.73. The highest BCUT2D eigenvalue weighted by Gasteiger charge is 2.07. The lowest BCUT2D eigenvalue weighted by atomic mass is 10.3. The van der Waals surface area contributed by atoms with E-state index in [9.17, 15) is 0 Å². The number of imidazole rings is 1. The van der Waals surface area contributed by atoms with Gasteiger partial charge in [-0.1, -0.05) is 25.9 Å². The third-order valence-corrected chi connectivity index (χ3v) is 2.68. The zero-order valence-electron chi connectivity index (χ0n) is 11.8. The van der Waals surface area contributed by atoms with Crippen molar-refractivity contribution in [1.29, 1.82) is 0 Å². The van der Waals surface area contributed by atoms with Gasteiger partial charge in [-0.25, -0.2) is 4.98 Å². The summed E-state index contributed by atoms with van der Waals surface area (Å²) in [5.41, 5.74) is 1.02. The number of nitrogens with zero attached hydrogens (tertiary/aromatic N) is 4. The summed E-state index contributed by atoms with van der Waals surface area (Å²) >= 11 is 0. The summed E-state index contributed by atoms with van der Waals surface area (Å²) in [5.74, 6) is 1.41. The van der Waals surface area contributed by atoms with Crippen molar-refractivity contribution in [2.45, 2.75) is 52.7 Å². The van der Waals surface area contributed by atoms with Crippen molar-refractivity contribution in [3.8, 4) is 0 Å². The highest BCUT2D eigenvalue weighted by Crippen LogP contribution is 2.04. The van der Waals surface area contributed by atoms with E-state index in [1.54, 1.807) is 6.33 Å². The van der Waals surface area contributed by atoms with Gasteiger partial charge in [-0.3, -0.25) is 0 Å². The van der Waals surface area contributed by atoms with E-state index < -0.39 is 0 Å². The zero-order valence-corrected chi connectivity index (χ0v) is 11.8. The lowest BCUT2D eigenvalue weighted by Gasteiger charge is -2.04. The first kappa shape index (κ1) is 13.7. The summed E-state index contributed by atoms with van der Waals surface area (Å²) in [6, 6.07) is 0.457. The van der Waals surface area contributed by atoms with Gasteiger partial charge in [-0.2, -0.15) is 4.98 Å². The second-order valence-corrected chi connectivity index (χ2v) is 4.93. The third kappa shape index (κ3) is 4.17. The highest BCUT2D eigenvalue weighted by atomic mass is 16.5. The fraction of sp³-hybridized carbons (Fsp3) is 0.615. The molecule has 0 unspecified atom stereocenters. The van der Waals surface area contributed by atoms with Gasteiger partial charge in [0.25, 0.3) is 0 Å². The summed E-state index contributed by atoms with van der Waals surface area (Å²) in [6.07, 6.45) is 5.65. The highest BCUT2D eigenvalue weighted by molar-refractivity contribution is 4.99. The number of hydrogen-bond acceptors (Lipinski definition) is 5. The molecule has 0 saturated carbocycles. The van der Waals surface area contributed by atoms with Gasteiger partial charge in [0, 0.05) is 25.2 Å². The van der Waals surface area contributed by atoms with Gasteiger partial charge in [-0.15, -0.1) is 0 Å². The van der Waals surface area contributed by atoms with Crippen LogP contribution < -0.4 is 5.32 Å². The van der Waals surface area contributed by atoms with Crippen LogP contribution in [0.3, 0.4) is 0 Å². The van der Waals surface area contributed by atoms with Gasteiger partial charge >= 0.3 is 0 Å². The Balaban J connectivity index is 1.91. The minimum Gasteiger partial charge on any atom is -0.339 e. The maximum Gasteiger partial charge on any atom is 0.226 e. The SMILES string of the molecule is CCCc1nc(Cn2cnc(CNC(C)C)c2)no1. The molecule has 1 N–H and O–H groups in total. The maximum absolute atomic E-state index is 5.16. The van der Waals surface area contributed by atoms with Crippen LogP contribution in [-0.2, 0) is 19.5 Å². The topological polar surface area (TPSA) is 68.8 Å². The van der Waals surface area contributed by atoms with Crippen LogP contribution in [0.25, 0.3) is 0 Å². The Kier molecular flexibility index (Phi) is 4.68. The second kappa shape index (κ2) is 6.47. The van der Waals surface area contributed by atoms with Gasteiger partial charge in [0.05, 0.1) is 18.6 Å². The van der Waals surface area contributed by atoms with Crippen LogP contribution in [0.4, 0.5) is 0 Å². The number of nitrogens with one attached hydrogen (secondary N) is 1. The van der Waals surface area contributed by atoms with E-state index >= 15 is 0 Å². The molecular formula is C13H21N5O. The molecule has 2 rings (SSSR count). The first-order valence-corrected chi connectivity index (χ1v) is 6.73. The Morgan fingerprint density at radius 3 is 3.00 bits per heavy atom. The Labute approximate surface area is 113 Å². The average molecular weight is 263 g/mol. The van der Waals surface area contributed by atoms with E-state index in [-0.39, 0.29) is 0 Å². The molecule has 2 aromatic heterocycles. The standard InChI is InChI=1S/C13H21N5O/c1-4-5-13-16-12(17-19-13)8-18-7-11(15-9-18)6-14-10(2)3/h7,9-10,14H,4-6,8H2,1-3H3. The largest absolute Gasteiger partial charge is 0.339 e. The Morgan fingerprint density at radius 1 is 1.42 bits per heavy atom. The number of rotatable bonds is 7. The van der Waals surface area contributed by atoms with Crippen molar-refractivity contribution in [1.82, 2.24) is 25.0 Å². The van der Waals surface area contributed by atoms with E-state index in [4.69, 9.17) is 4.52 Å². The lowest BCUT2D eigenvalue weighted by molar-refractivity contribution is 0.371. The lowest BCUT2D eigenvalue weighted by Crippen LogP contribution is -2.21. The monoisotopic (exact) mass is 263 g/mol. The second-order valence-electron chi connectivity index (χ2n) is 4.93. The van der Waals surface area contributed by atoms with Crippen molar-refractivity contribution in [3.63, 3.8) is 0 Å². The molecular weight excluding hydrogens is 242 g/mol. The molecule has 6 heteroatoms. The predicted molar refractivity (Wildman–Crippen MR) is 71.6 cm³/mol. The first-order chi connectivity index (χ1) is 9.17. The van der Waals surface area contributed by atoms with E-state index in [2.05, 4.69) is 41.2 Å². The molecule has 0 aromatic carbocycles. The molecule has 19 heavy (non-hydrogen) atoms.